The predicted octanol–water partition coefficient (Wildman–Crippen LogP) is 2.32. The number of ether oxygens (including phenoxy) is 1. The number of rotatable bonds is 6. The monoisotopic (exact) mass is 390 g/mol. The molecule has 25 heavy (non-hydrogen) atoms. The van der Waals surface area contributed by atoms with E-state index < -0.39 is 39.1 Å². The van der Waals surface area contributed by atoms with Crippen LogP contribution in [0.1, 0.15) is 5.56 Å². The molecule has 0 aliphatic carbocycles. The molecule has 0 saturated heterocycles. The number of nitrogens with one attached hydrogen (secondary N) is 2. The Morgan fingerprint density at radius 3 is 2.56 bits per heavy atom. The Kier molecular flexibility index (Phi) is 5.93. The minimum absolute atomic E-state index is 0.395. The summed E-state index contributed by atoms with van der Waals surface area (Å²) in [5.41, 5.74) is 2.57. The second-order valence-corrected chi connectivity index (χ2v) is 7.01. The molecule has 0 heterocycles. The maximum atomic E-state index is 13.5. The number of carbonyl (C=O) groups excluding carboxylic acids is 1. The molecule has 0 bridgehead atoms. The summed E-state index contributed by atoms with van der Waals surface area (Å²) in [6.07, 6.45) is 0. The fourth-order valence-corrected chi connectivity index (χ4v) is 2.97. The lowest BCUT2D eigenvalue weighted by Crippen LogP contribution is -2.44. The van der Waals surface area contributed by atoms with Crippen LogP contribution in [0.15, 0.2) is 41.3 Å². The summed E-state index contributed by atoms with van der Waals surface area (Å²) >= 11 is 5.79. The minimum Gasteiger partial charge on any atom is -0.483 e. The Morgan fingerprint density at radius 2 is 1.92 bits per heavy atom. The van der Waals surface area contributed by atoms with E-state index in [9.17, 15) is 22.0 Å². The lowest BCUT2D eigenvalue weighted by molar-refractivity contribution is -0.123. The van der Waals surface area contributed by atoms with Crippen molar-refractivity contribution in [2.75, 3.05) is 6.61 Å². The van der Waals surface area contributed by atoms with Crippen LogP contribution in [0.4, 0.5) is 8.78 Å². The minimum atomic E-state index is -4.40. The van der Waals surface area contributed by atoms with Gasteiger partial charge in [-0.1, -0.05) is 11.6 Å². The summed E-state index contributed by atoms with van der Waals surface area (Å²) in [6, 6.07) is 6.71. The molecule has 2 aromatic rings. The molecule has 0 spiro atoms. The molecule has 0 fully saturated rings. The fourth-order valence-electron chi connectivity index (χ4n) is 1.83. The van der Waals surface area contributed by atoms with Gasteiger partial charge in [0.25, 0.3) is 15.9 Å². The Balaban J connectivity index is 1.94. The Labute approximate surface area is 147 Å². The highest BCUT2D eigenvalue weighted by Gasteiger charge is 2.20. The first-order chi connectivity index (χ1) is 11.7. The molecule has 10 heteroatoms. The van der Waals surface area contributed by atoms with Crippen molar-refractivity contribution in [3.8, 4) is 5.75 Å². The summed E-state index contributed by atoms with van der Waals surface area (Å²) in [5, 5.41) is 0.503. The number of carbonyl (C=O) groups is 1. The highest BCUT2D eigenvalue weighted by molar-refractivity contribution is 7.89. The SMILES string of the molecule is Cc1cc(Cl)ccc1OCC(=O)NNS(=O)(=O)c1ccc(F)cc1F. The highest BCUT2D eigenvalue weighted by Crippen LogP contribution is 2.21. The number of hydrogen-bond donors (Lipinski definition) is 2. The molecule has 2 rings (SSSR count). The van der Waals surface area contributed by atoms with Crippen molar-refractivity contribution in [1.82, 2.24) is 10.3 Å². The van der Waals surface area contributed by atoms with Crippen LogP contribution in [0.25, 0.3) is 0 Å². The van der Waals surface area contributed by atoms with Crippen molar-refractivity contribution >= 4 is 27.5 Å². The van der Waals surface area contributed by atoms with Gasteiger partial charge < -0.3 is 4.74 Å². The number of hydrogen-bond acceptors (Lipinski definition) is 4. The number of amides is 1. The van der Waals surface area contributed by atoms with Crippen LogP contribution in [0.5, 0.6) is 5.75 Å². The average molecular weight is 391 g/mol. The van der Waals surface area contributed by atoms with Gasteiger partial charge in [-0.3, -0.25) is 10.2 Å². The zero-order chi connectivity index (χ0) is 18.6. The Hall–Kier alpha value is -2.23. The van der Waals surface area contributed by atoms with Gasteiger partial charge >= 0.3 is 0 Å². The molecule has 6 nitrogen and oxygen atoms in total. The number of benzene rings is 2. The van der Waals surface area contributed by atoms with Gasteiger partial charge in [-0.05, 0) is 42.8 Å². The summed E-state index contributed by atoms with van der Waals surface area (Å²) in [7, 11) is -4.40. The van der Waals surface area contributed by atoms with Gasteiger partial charge in [0.05, 0.1) is 0 Å². The van der Waals surface area contributed by atoms with Crippen molar-refractivity contribution in [3.05, 3.63) is 58.6 Å². The standard InChI is InChI=1S/C15H13ClF2N2O4S/c1-9-6-10(16)2-4-13(9)24-8-15(21)19-20-25(22,23)14-5-3-11(17)7-12(14)18/h2-7,20H,8H2,1H3,(H,19,21). The molecule has 0 aromatic heterocycles. The number of halogens is 3. The van der Waals surface area contributed by atoms with Crippen molar-refractivity contribution in [2.45, 2.75) is 11.8 Å². The van der Waals surface area contributed by atoms with E-state index in [-0.39, 0.29) is 0 Å². The van der Waals surface area contributed by atoms with E-state index >= 15 is 0 Å². The molecular weight excluding hydrogens is 378 g/mol. The molecule has 2 aromatic carbocycles. The summed E-state index contributed by atoms with van der Waals surface area (Å²) in [5.74, 6) is -2.63. The van der Waals surface area contributed by atoms with Gasteiger partial charge in [-0.2, -0.15) is 0 Å². The topological polar surface area (TPSA) is 84.5 Å². The van der Waals surface area contributed by atoms with Gasteiger partial charge in [0, 0.05) is 11.1 Å². The van der Waals surface area contributed by atoms with Crippen LogP contribution in [0, 0.1) is 18.6 Å². The van der Waals surface area contributed by atoms with Crippen molar-refractivity contribution in [2.24, 2.45) is 0 Å². The summed E-state index contributed by atoms with van der Waals surface area (Å²) < 4.78 is 55.3. The smallest absolute Gasteiger partial charge is 0.272 e. The Morgan fingerprint density at radius 1 is 1.20 bits per heavy atom. The summed E-state index contributed by atoms with van der Waals surface area (Å²) in [6.45, 7) is 1.23. The van der Waals surface area contributed by atoms with Gasteiger partial charge in [-0.15, -0.1) is 4.83 Å². The van der Waals surface area contributed by atoms with Gasteiger partial charge in [0.1, 0.15) is 22.3 Å². The van der Waals surface area contributed by atoms with E-state index in [1.807, 2.05) is 5.43 Å². The molecule has 2 N–H and O–H groups in total. The van der Waals surface area contributed by atoms with E-state index in [1.165, 1.54) is 0 Å². The second-order valence-electron chi connectivity index (χ2n) is 4.93. The third-order valence-corrected chi connectivity index (χ3v) is 4.52. The molecule has 0 aliphatic heterocycles. The zero-order valence-corrected chi connectivity index (χ0v) is 14.4. The maximum absolute atomic E-state index is 13.5. The first-order valence-corrected chi connectivity index (χ1v) is 8.70. The van der Waals surface area contributed by atoms with Gasteiger partial charge in [0.15, 0.2) is 6.61 Å². The second kappa shape index (κ2) is 7.77. The lowest BCUT2D eigenvalue weighted by atomic mass is 10.2. The van der Waals surface area contributed by atoms with Crippen molar-refractivity contribution in [3.63, 3.8) is 0 Å². The van der Waals surface area contributed by atoms with Crippen LogP contribution in [0.2, 0.25) is 5.02 Å². The normalized spacial score (nSPS) is 11.2. The number of aryl methyl sites for hydroxylation is 1. The number of sulfonamides is 1. The first-order valence-electron chi connectivity index (χ1n) is 6.84. The van der Waals surface area contributed by atoms with Crippen molar-refractivity contribution < 1.29 is 26.7 Å². The maximum Gasteiger partial charge on any atom is 0.272 e. The third kappa shape index (κ3) is 5.12. The number of hydrazine groups is 1. The summed E-state index contributed by atoms with van der Waals surface area (Å²) in [4.78, 5) is 12.6. The van der Waals surface area contributed by atoms with Crippen LogP contribution in [0.3, 0.4) is 0 Å². The van der Waals surface area contributed by atoms with E-state index in [0.29, 0.717) is 22.4 Å². The van der Waals surface area contributed by atoms with E-state index in [0.717, 1.165) is 12.1 Å². The molecule has 0 radical (unpaired) electrons. The molecule has 134 valence electrons. The van der Waals surface area contributed by atoms with Crippen LogP contribution in [-0.2, 0) is 14.8 Å². The van der Waals surface area contributed by atoms with Crippen LogP contribution < -0.4 is 15.0 Å². The fraction of sp³-hybridized carbons (Fsp3) is 0.133. The molecule has 0 aliphatic rings. The zero-order valence-electron chi connectivity index (χ0n) is 12.8. The average Bonchev–Trinajstić information content (AvgIpc) is 2.52. The third-order valence-electron chi connectivity index (χ3n) is 3.00. The molecule has 0 saturated carbocycles. The van der Waals surface area contributed by atoms with E-state index in [1.54, 1.807) is 30.0 Å². The predicted molar refractivity (Wildman–Crippen MR) is 86.5 cm³/mol. The van der Waals surface area contributed by atoms with Crippen LogP contribution >= 0.6 is 11.6 Å². The van der Waals surface area contributed by atoms with Crippen molar-refractivity contribution in [1.29, 1.82) is 0 Å². The largest absolute Gasteiger partial charge is 0.483 e. The van der Waals surface area contributed by atoms with Crippen LogP contribution in [-0.4, -0.2) is 20.9 Å². The first kappa shape index (κ1) is 19.1. The van der Waals surface area contributed by atoms with E-state index in [4.69, 9.17) is 16.3 Å². The van der Waals surface area contributed by atoms with Gasteiger partial charge in [-0.25, -0.2) is 17.2 Å². The highest BCUT2D eigenvalue weighted by atomic mass is 35.5. The quantitative estimate of drug-likeness (QED) is 0.741. The lowest BCUT2D eigenvalue weighted by Gasteiger charge is -2.11. The Bertz CT molecular complexity index is 906. The molecule has 0 unspecified atom stereocenters. The van der Waals surface area contributed by atoms with E-state index in [2.05, 4.69) is 0 Å². The van der Waals surface area contributed by atoms with Gasteiger partial charge in [0.2, 0.25) is 0 Å². The molecular formula is C15H13ClF2N2O4S. The molecule has 0 atom stereocenters. The molecule has 1 amide bonds.